The molecular weight excluding hydrogens is 505 g/mol. The van der Waals surface area contributed by atoms with Crippen molar-refractivity contribution in [1.29, 1.82) is 0 Å². The molecule has 0 aliphatic carbocycles. The second-order valence-corrected chi connectivity index (χ2v) is 7.28. The maximum absolute atomic E-state index is 5.48. The molecule has 1 atom stereocenters. The normalized spacial score (nSPS) is 15.1. The van der Waals surface area contributed by atoms with Crippen LogP contribution in [0.4, 0.5) is 0 Å². The fourth-order valence-electron chi connectivity index (χ4n) is 3.75. The number of nitrogens with one attached hydrogen (secondary N) is 2. The number of benzene rings is 1. The highest BCUT2D eigenvalue weighted by molar-refractivity contribution is 14.0. The molecule has 1 saturated heterocycles. The average molecular weight is 539 g/mol. The molecule has 0 bridgehead atoms. The predicted octanol–water partition coefficient (Wildman–Crippen LogP) is 3.61. The van der Waals surface area contributed by atoms with Crippen molar-refractivity contribution in [3.05, 3.63) is 53.7 Å². The van der Waals surface area contributed by atoms with Gasteiger partial charge in [0.15, 0.2) is 5.96 Å². The molecular formula is C23H34IN5O2. The minimum atomic E-state index is 0. The summed E-state index contributed by atoms with van der Waals surface area (Å²) in [5.74, 6) is 2.31. The van der Waals surface area contributed by atoms with E-state index >= 15 is 0 Å². The molecule has 3 rings (SSSR count). The van der Waals surface area contributed by atoms with E-state index in [4.69, 9.17) is 9.47 Å². The van der Waals surface area contributed by atoms with E-state index in [0.29, 0.717) is 19.0 Å². The van der Waals surface area contributed by atoms with Crippen molar-refractivity contribution in [2.24, 2.45) is 4.99 Å². The Balaban J connectivity index is 0.00000341. The Morgan fingerprint density at radius 3 is 2.71 bits per heavy atom. The first-order valence-electron chi connectivity index (χ1n) is 10.6. The molecule has 0 saturated carbocycles. The molecule has 1 aromatic carbocycles. The van der Waals surface area contributed by atoms with Crippen LogP contribution in [-0.4, -0.2) is 56.2 Å². The van der Waals surface area contributed by atoms with Gasteiger partial charge in [0, 0.05) is 32.4 Å². The van der Waals surface area contributed by atoms with E-state index < -0.39 is 0 Å². The topological polar surface area (TPSA) is 71.0 Å². The van der Waals surface area contributed by atoms with Gasteiger partial charge in [0.25, 0.3) is 0 Å². The van der Waals surface area contributed by atoms with Crippen LogP contribution in [-0.2, 0) is 6.54 Å². The van der Waals surface area contributed by atoms with E-state index in [1.807, 2.05) is 25.1 Å². The van der Waals surface area contributed by atoms with Crippen molar-refractivity contribution in [1.82, 2.24) is 20.5 Å². The Hall–Kier alpha value is -2.07. The van der Waals surface area contributed by atoms with Crippen LogP contribution < -0.4 is 20.1 Å². The number of hydrogen-bond donors (Lipinski definition) is 2. The van der Waals surface area contributed by atoms with Crippen molar-refractivity contribution >= 4 is 29.9 Å². The van der Waals surface area contributed by atoms with E-state index in [2.05, 4.69) is 43.7 Å². The van der Waals surface area contributed by atoms with Gasteiger partial charge < -0.3 is 20.1 Å². The summed E-state index contributed by atoms with van der Waals surface area (Å²) in [4.78, 5) is 11.1. The number of aliphatic imine (C=N–C) groups is 1. The number of rotatable bonds is 9. The lowest BCUT2D eigenvalue weighted by molar-refractivity contribution is 0.245. The second-order valence-electron chi connectivity index (χ2n) is 7.28. The summed E-state index contributed by atoms with van der Waals surface area (Å²) in [5.41, 5.74) is 2.36. The molecule has 1 aromatic heterocycles. The van der Waals surface area contributed by atoms with Gasteiger partial charge in [-0.2, -0.15) is 0 Å². The lowest BCUT2D eigenvalue weighted by Crippen LogP contribution is -2.42. The molecule has 7 nitrogen and oxygen atoms in total. The maximum atomic E-state index is 5.48. The summed E-state index contributed by atoms with van der Waals surface area (Å²) >= 11 is 0. The fourth-order valence-corrected chi connectivity index (χ4v) is 3.75. The summed E-state index contributed by atoms with van der Waals surface area (Å²) < 4.78 is 10.9. The van der Waals surface area contributed by atoms with E-state index in [1.165, 1.54) is 18.4 Å². The molecule has 31 heavy (non-hydrogen) atoms. The quantitative estimate of drug-likeness (QED) is 0.288. The van der Waals surface area contributed by atoms with Gasteiger partial charge in [-0.1, -0.05) is 12.1 Å². The average Bonchev–Trinajstić information content (AvgIpc) is 3.31. The molecule has 1 fully saturated rings. The second kappa shape index (κ2) is 13.4. The van der Waals surface area contributed by atoms with Crippen LogP contribution in [0.1, 0.15) is 36.9 Å². The Kier molecular flexibility index (Phi) is 10.9. The number of hydrogen-bond acceptors (Lipinski definition) is 5. The molecule has 170 valence electrons. The Labute approximate surface area is 202 Å². The largest absolute Gasteiger partial charge is 0.497 e. The number of aromatic nitrogens is 1. The van der Waals surface area contributed by atoms with Crippen molar-refractivity contribution in [2.75, 3.05) is 40.4 Å². The molecule has 0 amide bonds. The number of nitrogens with zero attached hydrogens (tertiary/aromatic N) is 3. The van der Waals surface area contributed by atoms with Gasteiger partial charge in [0.2, 0.25) is 5.88 Å². The monoisotopic (exact) mass is 539 g/mol. The highest BCUT2D eigenvalue weighted by atomic mass is 127. The highest BCUT2D eigenvalue weighted by Gasteiger charge is 2.24. The summed E-state index contributed by atoms with van der Waals surface area (Å²) in [7, 11) is 3.51. The molecule has 2 aromatic rings. The Morgan fingerprint density at radius 2 is 2.00 bits per heavy atom. The summed E-state index contributed by atoms with van der Waals surface area (Å²) in [6.07, 6.45) is 4.26. The molecule has 0 radical (unpaired) electrons. The number of methoxy groups -OCH3 is 1. The SMILES string of the molecule is CCOc1cc(CNC(=NC)NCC(c2cccc(OC)c2)N2CCCC2)ccn1.I. The third kappa shape index (κ3) is 7.53. The Bertz CT molecular complexity index is 827. The van der Waals surface area contributed by atoms with Gasteiger partial charge in [0.1, 0.15) is 5.75 Å². The first-order valence-corrected chi connectivity index (χ1v) is 10.6. The maximum Gasteiger partial charge on any atom is 0.213 e. The highest BCUT2D eigenvalue weighted by Crippen LogP contribution is 2.27. The minimum Gasteiger partial charge on any atom is -0.497 e. The third-order valence-corrected chi connectivity index (χ3v) is 5.30. The van der Waals surface area contributed by atoms with Crippen molar-refractivity contribution in [3.8, 4) is 11.6 Å². The summed E-state index contributed by atoms with van der Waals surface area (Å²) in [5, 5.41) is 6.89. The van der Waals surface area contributed by atoms with Gasteiger partial charge in [-0.05, 0) is 62.2 Å². The molecule has 2 heterocycles. The van der Waals surface area contributed by atoms with Gasteiger partial charge >= 0.3 is 0 Å². The van der Waals surface area contributed by atoms with Crippen molar-refractivity contribution in [2.45, 2.75) is 32.4 Å². The van der Waals surface area contributed by atoms with E-state index in [1.54, 1.807) is 20.4 Å². The number of halogens is 1. The Morgan fingerprint density at radius 1 is 1.19 bits per heavy atom. The van der Waals surface area contributed by atoms with Crippen LogP contribution in [0.3, 0.4) is 0 Å². The lowest BCUT2D eigenvalue weighted by atomic mass is 10.1. The third-order valence-electron chi connectivity index (χ3n) is 5.30. The molecule has 2 N–H and O–H groups in total. The zero-order chi connectivity index (χ0) is 21.2. The fraction of sp³-hybridized carbons (Fsp3) is 0.478. The lowest BCUT2D eigenvalue weighted by Gasteiger charge is -2.29. The van der Waals surface area contributed by atoms with Crippen molar-refractivity contribution in [3.63, 3.8) is 0 Å². The molecule has 0 spiro atoms. The predicted molar refractivity (Wildman–Crippen MR) is 136 cm³/mol. The van der Waals surface area contributed by atoms with Gasteiger partial charge in [-0.25, -0.2) is 4.98 Å². The van der Waals surface area contributed by atoms with Crippen LogP contribution >= 0.6 is 24.0 Å². The van der Waals surface area contributed by atoms with E-state index in [9.17, 15) is 0 Å². The first kappa shape index (κ1) is 25.2. The molecule has 1 aliphatic heterocycles. The van der Waals surface area contributed by atoms with Crippen LogP contribution in [0, 0.1) is 0 Å². The van der Waals surface area contributed by atoms with Crippen molar-refractivity contribution < 1.29 is 9.47 Å². The number of ether oxygens (including phenoxy) is 2. The number of pyridine rings is 1. The van der Waals surface area contributed by atoms with Crippen LogP contribution in [0.15, 0.2) is 47.6 Å². The molecule has 1 aliphatic rings. The van der Waals surface area contributed by atoms with E-state index in [0.717, 1.165) is 36.9 Å². The van der Waals surface area contributed by atoms with Crippen LogP contribution in [0.25, 0.3) is 0 Å². The minimum absolute atomic E-state index is 0. The summed E-state index contributed by atoms with van der Waals surface area (Å²) in [6, 6.07) is 12.6. The number of guanidine groups is 1. The number of likely N-dealkylation sites (tertiary alicyclic amines) is 1. The smallest absolute Gasteiger partial charge is 0.213 e. The summed E-state index contributed by atoms with van der Waals surface area (Å²) in [6.45, 7) is 6.22. The molecule has 8 heteroatoms. The standard InChI is InChI=1S/C23H33N5O2.HI/c1-4-30-22-14-18(10-11-25-22)16-26-23(24-2)27-17-21(28-12-5-6-13-28)19-8-7-9-20(15-19)29-3;/h7-11,14-15,21H,4-6,12-13,16-17H2,1-3H3,(H2,24,26,27);1H. The van der Waals surface area contributed by atoms with E-state index in [-0.39, 0.29) is 30.0 Å². The van der Waals surface area contributed by atoms with Gasteiger partial charge in [-0.15, -0.1) is 24.0 Å². The van der Waals surface area contributed by atoms with Gasteiger partial charge in [-0.3, -0.25) is 9.89 Å². The van der Waals surface area contributed by atoms with Crippen LogP contribution in [0.2, 0.25) is 0 Å². The van der Waals surface area contributed by atoms with Crippen LogP contribution in [0.5, 0.6) is 11.6 Å². The zero-order valence-corrected chi connectivity index (χ0v) is 21.0. The first-order chi connectivity index (χ1) is 14.7. The zero-order valence-electron chi connectivity index (χ0n) is 18.6. The molecule has 1 unspecified atom stereocenters. The van der Waals surface area contributed by atoms with Gasteiger partial charge in [0.05, 0.1) is 19.8 Å².